The third-order valence-electron chi connectivity index (χ3n) is 4.13. The van der Waals surface area contributed by atoms with Gasteiger partial charge in [-0.3, -0.25) is 14.4 Å². The maximum absolute atomic E-state index is 13.2. The quantitative estimate of drug-likeness (QED) is 0.456. The van der Waals surface area contributed by atoms with E-state index in [0.717, 1.165) is 5.56 Å². The monoisotopic (exact) mass is 382 g/mol. The molecule has 0 unspecified atom stereocenters. The van der Waals surface area contributed by atoms with Gasteiger partial charge in [0.05, 0.1) is 15.5 Å². The van der Waals surface area contributed by atoms with Gasteiger partial charge in [-0.25, -0.2) is 8.42 Å². The molecule has 0 spiro atoms. The van der Waals surface area contributed by atoms with Crippen LogP contribution in [0.15, 0.2) is 89.8 Å². The first kappa shape index (κ1) is 18.6. The molecule has 7 heteroatoms. The first-order chi connectivity index (χ1) is 13.0. The lowest BCUT2D eigenvalue weighted by Crippen LogP contribution is -2.33. The second kappa shape index (κ2) is 8.01. The van der Waals surface area contributed by atoms with Gasteiger partial charge in [-0.2, -0.15) is 0 Å². The first-order valence-corrected chi connectivity index (χ1v) is 9.78. The summed E-state index contributed by atoms with van der Waals surface area (Å²) in [5.74, 6) is 0. The Morgan fingerprint density at radius 1 is 0.815 bits per heavy atom. The average Bonchev–Trinajstić information content (AvgIpc) is 2.69. The van der Waals surface area contributed by atoms with Crippen LogP contribution in [-0.4, -0.2) is 19.9 Å². The zero-order chi connectivity index (χ0) is 19.3. The second-order valence-corrected chi connectivity index (χ2v) is 7.76. The molecule has 0 fully saturated rings. The van der Waals surface area contributed by atoms with Crippen LogP contribution in [0.2, 0.25) is 0 Å². The topological polar surface area (TPSA) is 80.5 Å². The summed E-state index contributed by atoms with van der Waals surface area (Å²) in [6.07, 6.45) is 0.544. The van der Waals surface area contributed by atoms with Crippen LogP contribution in [0.4, 0.5) is 11.4 Å². The molecule has 0 bridgehead atoms. The molecule has 0 N–H and O–H groups in total. The van der Waals surface area contributed by atoms with E-state index in [4.69, 9.17) is 0 Å². The molecule has 138 valence electrons. The van der Waals surface area contributed by atoms with E-state index in [1.807, 2.05) is 36.4 Å². The SMILES string of the molecule is O=[N+]([O-])c1ccc(S(=O)(=O)N(CCc2ccccc2)c2ccccc2)cc1. The summed E-state index contributed by atoms with van der Waals surface area (Å²) < 4.78 is 27.7. The Hall–Kier alpha value is -3.19. The molecule has 0 aromatic heterocycles. The molecule has 3 aromatic carbocycles. The fourth-order valence-corrected chi connectivity index (χ4v) is 4.19. The number of hydrogen-bond acceptors (Lipinski definition) is 4. The normalized spacial score (nSPS) is 11.1. The van der Waals surface area contributed by atoms with Crippen molar-refractivity contribution < 1.29 is 13.3 Å². The highest BCUT2D eigenvalue weighted by Crippen LogP contribution is 2.25. The summed E-state index contributed by atoms with van der Waals surface area (Å²) in [6.45, 7) is 0.257. The minimum absolute atomic E-state index is 0.0185. The van der Waals surface area contributed by atoms with Crippen LogP contribution in [0.25, 0.3) is 0 Å². The Balaban J connectivity index is 1.94. The number of sulfonamides is 1. The van der Waals surface area contributed by atoms with Gasteiger partial charge in [0, 0.05) is 18.7 Å². The molecule has 0 saturated heterocycles. The maximum atomic E-state index is 13.2. The number of rotatable bonds is 7. The maximum Gasteiger partial charge on any atom is 0.269 e. The summed E-state index contributed by atoms with van der Waals surface area (Å²) in [5.41, 5.74) is 1.42. The van der Waals surface area contributed by atoms with E-state index in [1.54, 1.807) is 24.3 Å². The lowest BCUT2D eigenvalue weighted by atomic mass is 10.1. The van der Waals surface area contributed by atoms with Gasteiger partial charge in [0.1, 0.15) is 0 Å². The zero-order valence-electron chi connectivity index (χ0n) is 14.4. The second-order valence-electron chi connectivity index (χ2n) is 5.90. The summed E-state index contributed by atoms with van der Waals surface area (Å²) in [5, 5.41) is 10.8. The van der Waals surface area contributed by atoms with Crippen molar-refractivity contribution in [3.8, 4) is 0 Å². The predicted octanol–water partition coefficient (Wildman–Crippen LogP) is 4.03. The number of non-ortho nitro benzene ring substituents is 1. The highest BCUT2D eigenvalue weighted by molar-refractivity contribution is 7.92. The average molecular weight is 382 g/mol. The minimum Gasteiger partial charge on any atom is -0.266 e. The van der Waals surface area contributed by atoms with Crippen molar-refractivity contribution in [1.29, 1.82) is 0 Å². The molecule has 0 heterocycles. The van der Waals surface area contributed by atoms with E-state index < -0.39 is 14.9 Å². The highest BCUT2D eigenvalue weighted by Gasteiger charge is 2.25. The van der Waals surface area contributed by atoms with Crippen molar-refractivity contribution in [3.63, 3.8) is 0 Å². The van der Waals surface area contributed by atoms with Gasteiger partial charge in [0.15, 0.2) is 0 Å². The van der Waals surface area contributed by atoms with Gasteiger partial charge < -0.3 is 0 Å². The molecule has 0 aliphatic carbocycles. The lowest BCUT2D eigenvalue weighted by molar-refractivity contribution is -0.384. The van der Waals surface area contributed by atoms with Gasteiger partial charge in [0.2, 0.25) is 0 Å². The van der Waals surface area contributed by atoms with Crippen molar-refractivity contribution in [2.75, 3.05) is 10.8 Å². The van der Waals surface area contributed by atoms with E-state index in [0.29, 0.717) is 12.1 Å². The number of benzene rings is 3. The van der Waals surface area contributed by atoms with E-state index in [-0.39, 0.29) is 17.1 Å². The summed E-state index contributed by atoms with van der Waals surface area (Å²) in [4.78, 5) is 10.3. The molecule has 0 atom stereocenters. The molecular formula is C20H18N2O4S. The van der Waals surface area contributed by atoms with Gasteiger partial charge in [0.25, 0.3) is 15.7 Å². The van der Waals surface area contributed by atoms with E-state index >= 15 is 0 Å². The van der Waals surface area contributed by atoms with Crippen LogP contribution in [0.3, 0.4) is 0 Å². The molecule has 0 aliphatic heterocycles. The number of para-hydroxylation sites is 1. The van der Waals surface area contributed by atoms with Crippen molar-refractivity contribution in [2.24, 2.45) is 0 Å². The van der Waals surface area contributed by atoms with Crippen LogP contribution < -0.4 is 4.31 Å². The lowest BCUT2D eigenvalue weighted by Gasteiger charge is -2.24. The predicted molar refractivity (Wildman–Crippen MR) is 104 cm³/mol. The molecule has 6 nitrogen and oxygen atoms in total. The molecule has 0 aliphatic rings. The van der Waals surface area contributed by atoms with E-state index in [2.05, 4.69) is 0 Å². The van der Waals surface area contributed by atoms with Crippen LogP contribution >= 0.6 is 0 Å². The highest BCUT2D eigenvalue weighted by atomic mass is 32.2. The molecule has 0 amide bonds. The van der Waals surface area contributed by atoms with Crippen molar-refractivity contribution in [3.05, 3.63) is 101 Å². The first-order valence-electron chi connectivity index (χ1n) is 8.34. The zero-order valence-corrected chi connectivity index (χ0v) is 15.2. The summed E-state index contributed by atoms with van der Waals surface area (Å²) in [6, 6.07) is 23.4. The largest absolute Gasteiger partial charge is 0.269 e. The van der Waals surface area contributed by atoms with Gasteiger partial charge in [-0.15, -0.1) is 0 Å². The molecule has 0 radical (unpaired) electrons. The van der Waals surface area contributed by atoms with Crippen molar-refractivity contribution >= 4 is 21.4 Å². The molecule has 3 aromatic rings. The van der Waals surface area contributed by atoms with Crippen LogP contribution in [0, 0.1) is 10.1 Å². The Kier molecular flexibility index (Phi) is 5.52. The summed E-state index contributed by atoms with van der Waals surface area (Å²) in [7, 11) is -3.86. The molecule has 3 rings (SSSR count). The van der Waals surface area contributed by atoms with Crippen molar-refractivity contribution in [2.45, 2.75) is 11.3 Å². The third kappa shape index (κ3) is 4.32. The Bertz CT molecular complexity index is 1000. The number of nitro benzene ring substituents is 1. The fourth-order valence-electron chi connectivity index (χ4n) is 2.72. The molecule has 0 saturated carbocycles. The van der Waals surface area contributed by atoms with Gasteiger partial charge in [-0.1, -0.05) is 48.5 Å². The standard InChI is InChI=1S/C20H18N2O4S/c23-22(24)19-11-13-20(14-12-19)27(25,26)21(18-9-5-2-6-10-18)16-15-17-7-3-1-4-8-17/h1-14H,15-16H2. The Morgan fingerprint density at radius 3 is 1.93 bits per heavy atom. The number of nitrogens with zero attached hydrogens (tertiary/aromatic N) is 2. The van der Waals surface area contributed by atoms with E-state index in [1.165, 1.54) is 28.6 Å². The number of hydrogen-bond donors (Lipinski definition) is 0. The molecular weight excluding hydrogens is 364 g/mol. The van der Waals surface area contributed by atoms with Gasteiger partial charge in [-0.05, 0) is 36.2 Å². The molecule has 27 heavy (non-hydrogen) atoms. The summed E-state index contributed by atoms with van der Waals surface area (Å²) >= 11 is 0. The van der Waals surface area contributed by atoms with Crippen LogP contribution in [-0.2, 0) is 16.4 Å². The Morgan fingerprint density at radius 2 is 1.37 bits per heavy atom. The van der Waals surface area contributed by atoms with Crippen LogP contribution in [0.1, 0.15) is 5.56 Å². The van der Waals surface area contributed by atoms with Crippen LogP contribution in [0.5, 0.6) is 0 Å². The Labute approximate surface area is 157 Å². The van der Waals surface area contributed by atoms with Gasteiger partial charge >= 0.3 is 0 Å². The van der Waals surface area contributed by atoms with Crippen molar-refractivity contribution in [1.82, 2.24) is 0 Å². The third-order valence-corrected chi connectivity index (χ3v) is 5.97. The number of anilines is 1. The number of nitro groups is 1. The fraction of sp³-hybridized carbons (Fsp3) is 0.100. The van der Waals surface area contributed by atoms with E-state index in [9.17, 15) is 18.5 Å². The smallest absolute Gasteiger partial charge is 0.266 e. The minimum atomic E-state index is -3.86.